The van der Waals surface area contributed by atoms with Crippen LogP contribution in [0.3, 0.4) is 0 Å². The number of hydrogen-bond acceptors (Lipinski definition) is 2. The number of nitrogens with one attached hydrogen (secondary N) is 1. The monoisotopic (exact) mass is 316 g/mol. The van der Waals surface area contributed by atoms with Gasteiger partial charge in [-0.2, -0.15) is 0 Å². The minimum absolute atomic E-state index is 0.0916. The molecule has 2 aromatic carbocycles. The van der Waals surface area contributed by atoms with Gasteiger partial charge in [0, 0.05) is 15.6 Å². The number of benzene rings is 2. The Morgan fingerprint density at radius 2 is 1.65 bits per heavy atom. The summed E-state index contributed by atoms with van der Waals surface area (Å²) in [6.45, 7) is 1.49. The average molecular weight is 317 g/mol. The number of halogens is 4. The van der Waals surface area contributed by atoms with Gasteiger partial charge in [0.05, 0.1) is 6.04 Å². The molecule has 106 valence electrons. The summed E-state index contributed by atoms with van der Waals surface area (Å²) in [6, 6.07) is 6.95. The smallest absolute Gasteiger partial charge is 0.164 e. The van der Waals surface area contributed by atoms with Gasteiger partial charge in [-0.3, -0.25) is 5.84 Å². The first kappa shape index (κ1) is 15.2. The van der Waals surface area contributed by atoms with Crippen LogP contribution in [-0.2, 0) is 0 Å². The van der Waals surface area contributed by atoms with E-state index in [2.05, 4.69) is 5.43 Å². The van der Waals surface area contributed by atoms with E-state index in [1.54, 1.807) is 18.2 Å². The predicted molar refractivity (Wildman–Crippen MR) is 76.7 cm³/mol. The van der Waals surface area contributed by atoms with Crippen LogP contribution < -0.4 is 11.3 Å². The zero-order valence-corrected chi connectivity index (χ0v) is 12.1. The zero-order valence-electron chi connectivity index (χ0n) is 10.6. The largest absolute Gasteiger partial charge is 0.271 e. The molecule has 0 aliphatic carbocycles. The van der Waals surface area contributed by atoms with Crippen molar-refractivity contribution < 1.29 is 8.78 Å². The van der Waals surface area contributed by atoms with Crippen LogP contribution >= 0.6 is 23.2 Å². The van der Waals surface area contributed by atoms with E-state index in [1.807, 2.05) is 0 Å². The van der Waals surface area contributed by atoms with Crippen molar-refractivity contribution in [2.75, 3.05) is 0 Å². The fourth-order valence-corrected chi connectivity index (χ4v) is 2.53. The molecule has 0 heterocycles. The van der Waals surface area contributed by atoms with E-state index in [9.17, 15) is 8.78 Å². The van der Waals surface area contributed by atoms with Crippen molar-refractivity contribution >= 4 is 23.2 Å². The molecule has 3 N–H and O–H groups in total. The van der Waals surface area contributed by atoms with Crippen LogP contribution in [-0.4, -0.2) is 0 Å². The van der Waals surface area contributed by atoms with Gasteiger partial charge in [-0.15, -0.1) is 0 Å². The summed E-state index contributed by atoms with van der Waals surface area (Å²) < 4.78 is 27.7. The highest BCUT2D eigenvalue weighted by Crippen LogP contribution is 2.30. The fraction of sp³-hybridized carbons (Fsp3) is 0.143. The van der Waals surface area contributed by atoms with Gasteiger partial charge in [0.15, 0.2) is 11.6 Å². The minimum atomic E-state index is -0.941. The maximum atomic E-state index is 14.0. The number of rotatable bonds is 3. The van der Waals surface area contributed by atoms with E-state index in [4.69, 9.17) is 29.0 Å². The quantitative estimate of drug-likeness (QED) is 0.660. The van der Waals surface area contributed by atoms with Crippen molar-refractivity contribution in [3.8, 4) is 0 Å². The van der Waals surface area contributed by atoms with Gasteiger partial charge >= 0.3 is 0 Å². The molecular weight excluding hydrogens is 305 g/mol. The molecule has 6 heteroatoms. The van der Waals surface area contributed by atoms with Crippen molar-refractivity contribution in [2.24, 2.45) is 5.84 Å². The van der Waals surface area contributed by atoms with E-state index in [0.29, 0.717) is 15.6 Å². The van der Waals surface area contributed by atoms with Crippen LogP contribution in [0.1, 0.15) is 22.7 Å². The SMILES string of the molecule is Cc1ccc(C(NN)c2cc(Cl)cc(Cl)c2)c(F)c1F. The second-order valence-electron chi connectivity index (χ2n) is 4.40. The van der Waals surface area contributed by atoms with Crippen LogP contribution in [0.25, 0.3) is 0 Å². The van der Waals surface area contributed by atoms with Gasteiger partial charge in [-0.05, 0) is 36.2 Å². The van der Waals surface area contributed by atoms with E-state index in [-0.39, 0.29) is 11.1 Å². The summed E-state index contributed by atoms with van der Waals surface area (Å²) in [5.41, 5.74) is 3.32. The third-order valence-electron chi connectivity index (χ3n) is 3.00. The summed E-state index contributed by atoms with van der Waals surface area (Å²) in [7, 11) is 0. The zero-order chi connectivity index (χ0) is 14.9. The Labute approximate surface area is 125 Å². The molecule has 2 nitrogen and oxygen atoms in total. The van der Waals surface area contributed by atoms with Gasteiger partial charge < -0.3 is 0 Å². The molecule has 0 fully saturated rings. The van der Waals surface area contributed by atoms with Crippen molar-refractivity contribution in [3.63, 3.8) is 0 Å². The molecular formula is C14H12Cl2F2N2. The number of hydrogen-bond donors (Lipinski definition) is 2. The van der Waals surface area contributed by atoms with Crippen LogP contribution in [0.4, 0.5) is 8.78 Å². The molecule has 0 radical (unpaired) electrons. The lowest BCUT2D eigenvalue weighted by molar-refractivity contribution is 0.478. The number of hydrazine groups is 1. The molecule has 0 bridgehead atoms. The summed E-state index contributed by atoms with van der Waals surface area (Å²) >= 11 is 11.8. The molecule has 2 rings (SSSR count). The molecule has 0 aromatic heterocycles. The van der Waals surface area contributed by atoms with Gasteiger partial charge in [0.2, 0.25) is 0 Å². The first-order valence-electron chi connectivity index (χ1n) is 5.80. The lowest BCUT2D eigenvalue weighted by atomic mass is 9.97. The van der Waals surface area contributed by atoms with Crippen molar-refractivity contribution in [1.82, 2.24) is 5.43 Å². The van der Waals surface area contributed by atoms with E-state index in [1.165, 1.54) is 19.1 Å². The molecule has 1 unspecified atom stereocenters. The molecule has 0 amide bonds. The summed E-state index contributed by atoms with van der Waals surface area (Å²) in [5, 5.41) is 0.779. The Morgan fingerprint density at radius 1 is 1.05 bits per heavy atom. The molecule has 1 atom stereocenters. The Hall–Kier alpha value is -1.20. The standard InChI is InChI=1S/C14H12Cl2F2N2/c1-7-2-3-11(13(18)12(7)17)14(20-19)8-4-9(15)6-10(16)5-8/h2-6,14,20H,19H2,1H3. The lowest BCUT2D eigenvalue weighted by Gasteiger charge is -2.19. The van der Waals surface area contributed by atoms with Crippen LogP contribution in [0, 0.1) is 18.6 Å². The first-order chi connectivity index (χ1) is 9.43. The van der Waals surface area contributed by atoms with Crippen LogP contribution in [0.15, 0.2) is 30.3 Å². The topological polar surface area (TPSA) is 38.0 Å². The average Bonchev–Trinajstić information content (AvgIpc) is 2.38. The Bertz CT molecular complexity index is 627. The molecule has 0 saturated heterocycles. The normalized spacial score (nSPS) is 12.5. The Morgan fingerprint density at radius 3 is 2.20 bits per heavy atom. The van der Waals surface area contributed by atoms with Gasteiger partial charge in [0.25, 0.3) is 0 Å². The van der Waals surface area contributed by atoms with Crippen LogP contribution in [0.2, 0.25) is 10.0 Å². The lowest BCUT2D eigenvalue weighted by Crippen LogP contribution is -2.29. The molecule has 0 aliphatic rings. The third kappa shape index (κ3) is 2.94. The maximum absolute atomic E-state index is 14.0. The third-order valence-corrected chi connectivity index (χ3v) is 3.44. The highest BCUT2D eigenvalue weighted by atomic mass is 35.5. The molecule has 0 aliphatic heterocycles. The van der Waals surface area contributed by atoms with Gasteiger partial charge in [-0.1, -0.05) is 35.3 Å². The number of aryl methyl sites for hydroxylation is 1. The second kappa shape index (κ2) is 6.06. The predicted octanol–water partition coefficient (Wildman–Crippen LogP) is 4.13. The summed E-state index contributed by atoms with van der Waals surface area (Å²) in [5.74, 6) is 3.64. The summed E-state index contributed by atoms with van der Waals surface area (Å²) in [4.78, 5) is 0. The highest BCUT2D eigenvalue weighted by Gasteiger charge is 2.21. The summed E-state index contributed by atoms with van der Waals surface area (Å²) in [6.07, 6.45) is 0. The molecule has 0 saturated carbocycles. The molecule has 20 heavy (non-hydrogen) atoms. The maximum Gasteiger partial charge on any atom is 0.164 e. The van der Waals surface area contributed by atoms with E-state index in [0.717, 1.165) is 0 Å². The van der Waals surface area contributed by atoms with Gasteiger partial charge in [0.1, 0.15) is 0 Å². The van der Waals surface area contributed by atoms with E-state index < -0.39 is 17.7 Å². The van der Waals surface area contributed by atoms with Crippen molar-refractivity contribution in [1.29, 1.82) is 0 Å². The minimum Gasteiger partial charge on any atom is -0.271 e. The van der Waals surface area contributed by atoms with E-state index >= 15 is 0 Å². The van der Waals surface area contributed by atoms with Gasteiger partial charge in [-0.25, -0.2) is 14.2 Å². The highest BCUT2D eigenvalue weighted by molar-refractivity contribution is 6.34. The van der Waals surface area contributed by atoms with Crippen molar-refractivity contribution in [2.45, 2.75) is 13.0 Å². The Kier molecular flexibility index (Phi) is 4.60. The first-order valence-corrected chi connectivity index (χ1v) is 6.56. The fourth-order valence-electron chi connectivity index (χ4n) is 1.99. The molecule has 2 aromatic rings. The second-order valence-corrected chi connectivity index (χ2v) is 5.27. The Balaban J connectivity index is 2.55. The molecule has 0 spiro atoms. The van der Waals surface area contributed by atoms with Crippen LogP contribution in [0.5, 0.6) is 0 Å². The number of nitrogens with two attached hydrogens (primary N) is 1. The van der Waals surface area contributed by atoms with Crippen molar-refractivity contribution in [3.05, 3.63) is 68.7 Å².